The number of rotatable bonds is 10. The third kappa shape index (κ3) is 7.46. The van der Waals surface area contributed by atoms with Crippen LogP contribution < -0.4 is 27.0 Å². The summed E-state index contributed by atoms with van der Waals surface area (Å²) in [5, 5.41) is 13.2. The summed E-state index contributed by atoms with van der Waals surface area (Å²) < 4.78 is 0. The predicted octanol–water partition coefficient (Wildman–Crippen LogP) is 5.85. The number of benzene rings is 2. The highest BCUT2D eigenvalue weighted by Crippen LogP contribution is 2.27. The maximum absolute atomic E-state index is 12.5. The number of hydrogen-bond acceptors (Lipinski definition) is 5. The van der Waals surface area contributed by atoms with E-state index in [1.165, 1.54) is 32.1 Å². The Bertz CT molecular complexity index is 1010. The van der Waals surface area contributed by atoms with Crippen molar-refractivity contribution in [2.24, 2.45) is 5.92 Å². The van der Waals surface area contributed by atoms with Gasteiger partial charge in [-0.15, -0.1) is 0 Å². The summed E-state index contributed by atoms with van der Waals surface area (Å²) >= 11 is 6.34. The maximum Gasteiger partial charge on any atom is 0.251 e. The normalized spacial score (nSPS) is 13.8. The van der Waals surface area contributed by atoms with Crippen molar-refractivity contribution in [2.75, 3.05) is 22.9 Å². The molecule has 0 saturated heterocycles. The number of allylic oxidation sites excluding steroid dienone is 1. The van der Waals surface area contributed by atoms with Gasteiger partial charge in [-0.25, -0.2) is 0 Å². The molecule has 1 aliphatic rings. The summed E-state index contributed by atoms with van der Waals surface area (Å²) in [6.07, 6.45) is 6.20. The molecule has 1 aliphatic carbocycles. The van der Waals surface area contributed by atoms with Gasteiger partial charge in [0.05, 0.1) is 22.1 Å². The monoisotopic (exact) mass is 467 g/mol. The van der Waals surface area contributed by atoms with Crippen LogP contribution in [-0.2, 0) is 6.54 Å². The van der Waals surface area contributed by atoms with Gasteiger partial charge >= 0.3 is 0 Å². The fraction of sp³-hybridized carbons (Fsp3) is 0.346. The molecular weight excluding hydrogens is 434 g/mol. The van der Waals surface area contributed by atoms with E-state index in [0.29, 0.717) is 40.2 Å². The van der Waals surface area contributed by atoms with Crippen LogP contribution in [0.2, 0.25) is 5.02 Å². The summed E-state index contributed by atoms with van der Waals surface area (Å²) in [5.41, 5.74) is 10.6. The third-order valence-electron chi connectivity index (χ3n) is 5.79. The van der Waals surface area contributed by atoms with Crippen LogP contribution in [0.3, 0.4) is 0 Å². The average Bonchev–Trinajstić information content (AvgIpc) is 2.80. The number of amides is 1. The molecule has 0 aliphatic heterocycles. The number of anilines is 3. The lowest BCUT2D eigenvalue weighted by atomic mass is 9.89. The Morgan fingerprint density at radius 1 is 1.03 bits per heavy atom. The molecule has 33 heavy (non-hydrogen) atoms. The van der Waals surface area contributed by atoms with Gasteiger partial charge in [0.2, 0.25) is 0 Å². The predicted molar refractivity (Wildman–Crippen MR) is 139 cm³/mol. The van der Waals surface area contributed by atoms with Crippen LogP contribution in [0.1, 0.15) is 54.9 Å². The van der Waals surface area contributed by atoms with Crippen LogP contribution >= 0.6 is 11.6 Å². The van der Waals surface area contributed by atoms with Crippen molar-refractivity contribution < 1.29 is 4.79 Å². The van der Waals surface area contributed by atoms with Gasteiger partial charge < -0.3 is 27.0 Å². The molecular formula is C26H34ClN5O. The van der Waals surface area contributed by atoms with Gasteiger partial charge in [0.25, 0.3) is 5.91 Å². The molecule has 1 amide bonds. The SMILES string of the molecule is C=C(C)NCc1ccc(Cl)c(NC(=C)Nc2ccc(C(=O)NCC3CCCCC3)cc2N)c1. The van der Waals surface area contributed by atoms with E-state index in [2.05, 4.69) is 34.4 Å². The molecule has 0 unspecified atom stereocenters. The van der Waals surface area contributed by atoms with Gasteiger partial charge in [-0.3, -0.25) is 4.79 Å². The Kier molecular flexibility index (Phi) is 8.66. The average molecular weight is 468 g/mol. The highest BCUT2D eigenvalue weighted by molar-refractivity contribution is 6.33. The molecule has 0 spiro atoms. The first-order chi connectivity index (χ1) is 15.8. The molecule has 2 aromatic rings. The number of hydrogen-bond donors (Lipinski definition) is 5. The van der Waals surface area contributed by atoms with Gasteiger partial charge in [0, 0.05) is 24.4 Å². The minimum absolute atomic E-state index is 0.0947. The third-order valence-corrected chi connectivity index (χ3v) is 6.12. The van der Waals surface area contributed by atoms with E-state index >= 15 is 0 Å². The molecule has 6 N–H and O–H groups in total. The van der Waals surface area contributed by atoms with Crippen LogP contribution in [-0.4, -0.2) is 12.5 Å². The number of nitrogen functional groups attached to an aromatic ring is 1. The Morgan fingerprint density at radius 2 is 1.76 bits per heavy atom. The van der Waals surface area contributed by atoms with E-state index in [9.17, 15) is 4.79 Å². The first kappa shape index (κ1) is 24.5. The Balaban J connectivity index is 1.57. The maximum atomic E-state index is 12.5. The topological polar surface area (TPSA) is 91.2 Å². The first-order valence-electron chi connectivity index (χ1n) is 11.4. The smallest absolute Gasteiger partial charge is 0.251 e. The molecule has 7 heteroatoms. The molecule has 176 valence electrons. The van der Waals surface area contributed by atoms with Crippen molar-refractivity contribution in [2.45, 2.75) is 45.6 Å². The highest BCUT2D eigenvalue weighted by Gasteiger charge is 2.15. The zero-order valence-corrected chi connectivity index (χ0v) is 20.0. The van der Waals surface area contributed by atoms with Crippen molar-refractivity contribution >= 4 is 34.6 Å². The molecule has 0 atom stereocenters. The minimum Gasteiger partial charge on any atom is -0.397 e. The lowest BCUT2D eigenvalue weighted by Gasteiger charge is -2.21. The van der Waals surface area contributed by atoms with Gasteiger partial charge in [-0.05, 0) is 61.6 Å². The van der Waals surface area contributed by atoms with Gasteiger partial charge in [-0.1, -0.05) is 50.1 Å². The van der Waals surface area contributed by atoms with Crippen LogP contribution in [0.15, 0.2) is 61.1 Å². The Labute approximate surface area is 201 Å². The second kappa shape index (κ2) is 11.7. The molecule has 1 saturated carbocycles. The van der Waals surface area contributed by atoms with E-state index in [-0.39, 0.29) is 5.91 Å². The lowest BCUT2D eigenvalue weighted by Crippen LogP contribution is -2.30. The first-order valence-corrected chi connectivity index (χ1v) is 11.8. The van der Waals surface area contributed by atoms with E-state index in [1.807, 2.05) is 25.1 Å². The number of halogens is 1. The van der Waals surface area contributed by atoms with Crippen LogP contribution in [0.5, 0.6) is 0 Å². The fourth-order valence-corrected chi connectivity index (χ4v) is 4.10. The van der Waals surface area contributed by atoms with Crippen LogP contribution in [0, 0.1) is 5.92 Å². The number of nitrogens with two attached hydrogens (primary N) is 1. The molecule has 0 heterocycles. The quantitative estimate of drug-likeness (QED) is 0.283. The standard InChI is InChI=1S/C26H34ClN5O/c1-17(2)29-16-20-9-11-22(27)25(13-20)32-18(3)31-24-12-10-21(14-23(24)28)26(33)30-15-19-7-5-4-6-8-19/h9-14,19,29,31-32H,1,3-8,15-16,28H2,2H3,(H,30,33). The zero-order chi connectivity index (χ0) is 23.8. The highest BCUT2D eigenvalue weighted by atomic mass is 35.5. The number of nitrogens with one attached hydrogen (secondary N) is 4. The molecule has 6 nitrogen and oxygen atoms in total. The zero-order valence-electron chi connectivity index (χ0n) is 19.3. The van der Waals surface area contributed by atoms with Crippen LogP contribution in [0.4, 0.5) is 17.1 Å². The van der Waals surface area contributed by atoms with E-state index in [4.69, 9.17) is 17.3 Å². The van der Waals surface area contributed by atoms with Crippen molar-refractivity contribution in [1.82, 2.24) is 10.6 Å². The van der Waals surface area contributed by atoms with Crippen molar-refractivity contribution in [3.05, 3.63) is 77.2 Å². The number of carbonyl (C=O) groups is 1. The molecule has 0 aromatic heterocycles. The Hall–Kier alpha value is -3.12. The van der Waals surface area contributed by atoms with E-state index in [0.717, 1.165) is 23.5 Å². The minimum atomic E-state index is -0.0947. The molecule has 2 aromatic carbocycles. The largest absolute Gasteiger partial charge is 0.397 e. The molecule has 0 radical (unpaired) electrons. The summed E-state index contributed by atoms with van der Waals surface area (Å²) in [5.74, 6) is 1.00. The summed E-state index contributed by atoms with van der Waals surface area (Å²) in [6.45, 7) is 11.2. The summed E-state index contributed by atoms with van der Waals surface area (Å²) in [4.78, 5) is 12.5. The number of carbonyl (C=O) groups excluding carboxylic acids is 1. The van der Waals surface area contributed by atoms with Crippen molar-refractivity contribution in [3.8, 4) is 0 Å². The summed E-state index contributed by atoms with van der Waals surface area (Å²) in [6, 6.07) is 11.0. The van der Waals surface area contributed by atoms with Gasteiger partial charge in [-0.2, -0.15) is 0 Å². The van der Waals surface area contributed by atoms with Crippen molar-refractivity contribution in [1.29, 1.82) is 0 Å². The molecule has 0 bridgehead atoms. The second-order valence-corrected chi connectivity index (χ2v) is 9.10. The molecule has 1 fully saturated rings. The van der Waals surface area contributed by atoms with E-state index < -0.39 is 0 Å². The van der Waals surface area contributed by atoms with Gasteiger partial charge in [0.1, 0.15) is 5.82 Å². The molecule has 3 rings (SSSR count). The lowest BCUT2D eigenvalue weighted by molar-refractivity contribution is 0.0943. The van der Waals surface area contributed by atoms with Crippen LogP contribution in [0.25, 0.3) is 0 Å². The second-order valence-electron chi connectivity index (χ2n) is 8.69. The summed E-state index contributed by atoms with van der Waals surface area (Å²) in [7, 11) is 0. The van der Waals surface area contributed by atoms with Gasteiger partial charge in [0.15, 0.2) is 0 Å². The fourth-order valence-electron chi connectivity index (χ4n) is 3.94. The van der Waals surface area contributed by atoms with Crippen molar-refractivity contribution in [3.63, 3.8) is 0 Å². The Morgan fingerprint density at radius 3 is 2.45 bits per heavy atom. The van der Waals surface area contributed by atoms with E-state index in [1.54, 1.807) is 18.2 Å².